The summed E-state index contributed by atoms with van der Waals surface area (Å²) in [6, 6.07) is 2.83. The molecule has 1 aliphatic rings. The summed E-state index contributed by atoms with van der Waals surface area (Å²) in [6.07, 6.45) is 3.16. The van der Waals surface area contributed by atoms with Crippen LogP contribution in [0.5, 0.6) is 0 Å². The minimum atomic E-state index is -0.564. The minimum absolute atomic E-state index is 0.0237. The molecule has 0 aromatic heterocycles. The van der Waals surface area contributed by atoms with Gasteiger partial charge in [-0.15, -0.1) is 0 Å². The molecular weight excluding hydrogens is 197 g/mol. The van der Waals surface area contributed by atoms with Crippen molar-refractivity contribution in [2.45, 2.75) is 18.8 Å². The third-order valence-corrected chi connectivity index (χ3v) is 2.58. The quantitative estimate of drug-likeness (QED) is 0.564. The molecule has 1 aromatic carbocycles. The maximum absolute atomic E-state index is 13.5. The second kappa shape index (κ2) is 3.46. The number of nitro groups is 1. The molecule has 15 heavy (non-hydrogen) atoms. The smallest absolute Gasteiger partial charge is 0.258 e. The van der Waals surface area contributed by atoms with Crippen LogP contribution in [0.2, 0.25) is 0 Å². The molecule has 0 spiro atoms. The zero-order valence-electron chi connectivity index (χ0n) is 8.07. The highest BCUT2D eigenvalue weighted by molar-refractivity contribution is 5.61. The summed E-state index contributed by atoms with van der Waals surface area (Å²) in [4.78, 5) is 10.2. The van der Waals surface area contributed by atoms with E-state index in [2.05, 4.69) is 6.58 Å². The predicted octanol–water partition coefficient (Wildman–Crippen LogP) is 3.25. The summed E-state index contributed by atoms with van der Waals surface area (Å²) in [7, 11) is 0. The van der Waals surface area contributed by atoms with E-state index >= 15 is 0 Å². The third kappa shape index (κ3) is 1.75. The molecule has 0 heterocycles. The van der Waals surface area contributed by atoms with Crippen molar-refractivity contribution in [2.24, 2.45) is 0 Å². The lowest BCUT2D eigenvalue weighted by Gasteiger charge is -2.03. The molecule has 0 N–H and O–H groups in total. The van der Waals surface area contributed by atoms with Gasteiger partial charge in [0, 0.05) is 6.07 Å². The molecule has 0 radical (unpaired) electrons. The molecule has 1 aliphatic carbocycles. The molecule has 0 bridgehead atoms. The average molecular weight is 207 g/mol. The number of hydrogen-bond donors (Lipinski definition) is 0. The van der Waals surface area contributed by atoms with Crippen LogP contribution in [0.15, 0.2) is 18.7 Å². The van der Waals surface area contributed by atoms with E-state index in [-0.39, 0.29) is 11.3 Å². The fourth-order valence-electron chi connectivity index (χ4n) is 1.63. The number of nitro benzene ring substituents is 1. The molecule has 1 fully saturated rings. The monoisotopic (exact) mass is 207 g/mol. The van der Waals surface area contributed by atoms with Crippen LogP contribution in [-0.2, 0) is 0 Å². The van der Waals surface area contributed by atoms with Crippen molar-refractivity contribution in [1.82, 2.24) is 0 Å². The summed E-state index contributed by atoms with van der Waals surface area (Å²) < 4.78 is 13.5. The van der Waals surface area contributed by atoms with Crippen molar-refractivity contribution >= 4 is 11.8 Å². The van der Waals surface area contributed by atoms with Crippen molar-refractivity contribution in [1.29, 1.82) is 0 Å². The van der Waals surface area contributed by atoms with E-state index in [1.165, 1.54) is 18.2 Å². The molecule has 1 saturated carbocycles. The Balaban J connectivity index is 2.56. The number of hydrogen-bond acceptors (Lipinski definition) is 2. The van der Waals surface area contributed by atoms with Crippen LogP contribution in [0.4, 0.5) is 10.1 Å². The standard InChI is InChI=1S/C11H10FNO2/c1-2-9-10(12)5-8(7-3-4-7)6-11(9)13(14)15/h2,5-7H,1,3-4H2. The average Bonchev–Trinajstić information content (AvgIpc) is 2.99. The van der Waals surface area contributed by atoms with Crippen LogP contribution in [0.1, 0.15) is 29.9 Å². The summed E-state index contributed by atoms with van der Waals surface area (Å²) >= 11 is 0. The Bertz CT molecular complexity index is 438. The molecule has 78 valence electrons. The van der Waals surface area contributed by atoms with Crippen molar-refractivity contribution in [3.8, 4) is 0 Å². The van der Waals surface area contributed by atoms with Gasteiger partial charge < -0.3 is 0 Å². The van der Waals surface area contributed by atoms with E-state index in [0.717, 1.165) is 18.4 Å². The van der Waals surface area contributed by atoms with Gasteiger partial charge in [0.05, 0.1) is 10.5 Å². The molecule has 0 atom stereocenters. The van der Waals surface area contributed by atoms with Crippen molar-refractivity contribution in [2.75, 3.05) is 0 Å². The first-order chi connectivity index (χ1) is 7.13. The lowest BCUT2D eigenvalue weighted by atomic mass is 10.1. The van der Waals surface area contributed by atoms with E-state index in [4.69, 9.17) is 0 Å². The van der Waals surface area contributed by atoms with Gasteiger partial charge in [0.2, 0.25) is 0 Å². The van der Waals surface area contributed by atoms with E-state index in [0.29, 0.717) is 5.92 Å². The van der Waals surface area contributed by atoms with Crippen molar-refractivity contribution in [3.05, 3.63) is 45.8 Å². The highest BCUT2D eigenvalue weighted by Gasteiger charge is 2.27. The van der Waals surface area contributed by atoms with Gasteiger partial charge >= 0.3 is 0 Å². The molecule has 0 saturated heterocycles. The predicted molar refractivity (Wildman–Crippen MR) is 55.1 cm³/mol. The summed E-state index contributed by atoms with van der Waals surface area (Å²) in [5.41, 5.74) is 0.515. The Morgan fingerprint density at radius 1 is 1.53 bits per heavy atom. The highest BCUT2D eigenvalue weighted by atomic mass is 19.1. The van der Waals surface area contributed by atoms with Gasteiger partial charge in [0.15, 0.2) is 0 Å². The maximum atomic E-state index is 13.5. The van der Waals surface area contributed by atoms with Gasteiger partial charge in [0.1, 0.15) is 5.82 Å². The first-order valence-electron chi connectivity index (χ1n) is 4.73. The second-order valence-corrected chi connectivity index (χ2v) is 3.67. The van der Waals surface area contributed by atoms with E-state index in [1.54, 1.807) is 0 Å². The molecular formula is C11H10FNO2. The molecule has 2 rings (SSSR count). The molecule has 0 unspecified atom stereocenters. The number of rotatable bonds is 3. The topological polar surface area (TPSA) is 43.1 Å². The van der Waals surface area contributed by atoms with Crippen molar-refractivity contribution in [3.63, 3.8) is 0 Å². The summed E-state index contributed by atoms with van der Waals surface area (Å²) in [5.74, 6) is -0.252. The van der Waals surface area contributed by atoms with Gasteiger partial charge in [0.25, 0.3) is 5.69 Å². The molecule has 4 heteroatoms. The zero-order chi connectivity index (χ0) is 11.0. The maximum Gasteiger partial charge on any atom is 0.279 e. The van der Waals surface area contributed by atoms with Crippen LogP contribution in [-0.4, -0.2) is 4.92 Å². The van der Waals surface area contributed by atoms with Gasteiger partial charge in [-0.2, -0.15) is 0 Å². The number of benzene rings is 1. The van der Waals surface area contributed by atoms with Crippen LogP contribution < -0.4 is 0 Å². The number of nitrogens with zero attached hydrogens (tertiary/aromatic N) is 1. The van der Waals surface area contributed by atoms with Crippen LogP contribution in [0, 0.1) is 15.9 Å². The van der Waals surface area contributed by atoms with E-state index in [1.807, 2.05) is 0 Å². The van der Waals surface area contributed by atoms with E-state index in [9.17, 15) is 14.5 Å². The van der Waals surface area contributed by atoms with E-state index < -0.39 is 10.7 Å². The lowest BCUT2D eigenvalue weighted by molar-refractivity contribution is -0.385. The summed E-state index contributed by atoms with van der Waals surface area (Å²) in [5, 5.41) is 10.7. The Labute approximate surface area is 86.4 Å². The SMILES string of the molecule is C=Cc1c(F)cc(C2CC2)cc1[N+](=O)[O-]. The Morgan fingerprint density at radius 3 is 2.67 bits per heavy atom. The molecule has 3 nitrogen and oxygen atoms in total. The fraction of sp³-hybridized carbons (Fsp3) is 0.273. The second-order valence-electron chi connectivity index (χ2n) is 3.67. The van der Waals surface area contributed by atoms with Crippen LogP contribution in [0.25, 0.3) is 6.08 Å². The Morgan fingerprint density at radius 2 is 2.20 bits per heavy atom. The number of halogens is 1. The van der Waals surface area contributed by atoms with Gasteiger partial charge in [-0.25, -0.2) is 4.39 Å². The Hall–Kier alpha value is -1.71. The minimum Gasteiger partial charge on any atom is -0.258 e. The first-order valence-corrected chi connectivity index (χ1v) is 4.73. The lowest BCUT2D eigenvalue weighted by Crippen LogP contribution is -1.96. The first kappa shape index (κ1) is 9.83. The van der Waals surface area contributed by atoms with Crippen LogP contribution >= 0.6 is 0 Å². The zero-order valence-corrected chi connectivity index (χ0v) is 8.07. The molecule has 1 aromatic rings. The third-order valence-electron chi connectivity index (χ3n) is 2.58. The molecule has 0 aliphatic heterocycles. The van der Waals surface area contributed by atoms with Crippen LogP contribution in [0.3, 0.4) is 0 Å². The van der Waals surface area contributed by atoms with Gasteiger partial charge in [-0.3, -0.25) is 10.1 Å². The van der Waals surface area contributed by atoms with Crippen molar-refractivity contribution < 1.29 is 9.31 Å². The van der Waals surface area contributed by atoms with Gasteiger partial charge in [-0.05, 0) is 30.4 Å². The normalized spacial score (nSPS) is 15.0. The fourth-order valence-corrected chi connectivity index (χ4v) is 1.63. The van der Waals surface area contributed by atoms with Gasteiger partial charge in [-0.1, -0.05) is 12.7 Å². The molecule has 0 amide bonds. The highest BCUT2D eigenvalue weighted by Crippen LogP contribution is 2.42. The Kier molecular flexibility index (Phi) is 2.26. The largest absolute Gasteiger partial charge is 0.279 e. The summed E-state index contributed by atoms with van der Waals surface area (Å²) in [6.45, 7) is 3.38.